The summed E-state index contributed by atoms with van der Waals surface area (Å²) in [6.45, 7) is 0. The molecule has 2 aliphatic rings. The second-order valence-electron chi connectivity index (χ2n) is 3.78. The molecule has 0 unspecified atom stereocenters. The van der Waals surface area contributed by atoms with Gasteiger partial charge in [-0.2, -0.15) is 0 Å². The molecular weight excluding hydrogens is 134 g/mol. The van der Waals surface area contributed by atoms with Gasteiger partial charge >= 0.3 is 0 Å². The molecule has 0 bridgehead atoms. The molecule has 11 heavy (non-hydrogen) atoms. The molecule has 0 aromatic carbocycles. The van der Waals surface area contributed by atoms with Crippen molar-refractivity contribution in [3.63, 3.8) is 0 Å². The van der Waals surface area contributed by atoms with Crippen molar-refractivity contribution in [3.8, 4) is 0 Å². The van der Waals surface area contributed by atoms with Gasteiger partial charge in [0.25, 0.3) is 0 Å². The van der Waals surface area contributed by atoms with E-state index in [1.165, 1.54) is 32.1 Å². The van der Waals surface area contributed by atoms with Gasteiger partial charge in [-0.05, 0) is 43.7 Å². The Balaban J connectivity index is 2.09. The van der Waals surface area contributed by atoms with E-state index in [-0.39, 0.29) is 0 Å². The first-order valence-electron chi connectivity index (χ1n) is 4.64. The quantitative estimate of drug-likeness (QED) is 0.574. The van der Waals surface area contributed by atoms with Crippen LogP contribution < -0.4 is 0 Å². The smallest absolute Gasteiger partial charge is 0.0334 e. The third kappa shape index (κ3) is 0.770. The van der Waals surface area contributed by atoms with E-state index in [0.29, 0.717) is 0 Å². The van der Waals surface area contributed by atoms with Crippen LogP contribution in [0, 0.1) is 0 Å². The van der Waals surface area contributed by atoms with E-state index in [2.05, 4.69) is 16.8 Å². The van der Waals surface area contributed by atoms with Crippen molar-refractivity contribution >= 4 is 0 Å². The molecule has 1 aromatic heterocycles. The molecule has 1 nitrogen and oxygen atoms in total. The SMILES string of the molecule is c1cn(C2CC2)c2c1CCC2. The largest absolute Gasteiger partial charge is 0.348 e. The molecule has 1 heteroatoms. The molecule has 0 radical (unpaired) electrons. The molecule has 1 aromatic rings. The minimum Gasteiger partial charge on any atom is -0.348 e. The standard InChI is InChI=1S/C10H13N/c1-2-8-6-7-11(9-4-5-9)10(8)3-1/h6-7,9H,1-5H2. The van der Waals surface area contributed by atoms with Gasteiger partial charge in [0, 0.05) is 17.9 Å². The summed E-state index contributed by atoms with van der Waals surface area (Å²) in [6, 6.07) is 3.21. The lowest BCUT2D eigenvalue weighted by atomic mass is 10.3. The molecule has 0 saturated heterocycles. The zero-order chi connectivity index (χ0) is 7.26. The van der Waals surface area contributed by atoms with Gasteiger partial charge < -0.3 is 4.57 Å². The van der Waals surface area contributed by atoms with Crippen LogP contribution >= 0.6 is 0 Å². The zero-order valence-corrected chi connectivity index (χ0v) is 6.71. The molecule has 2 aliphatic carbocycles. The van der Waals surface area contributed by atoms with Crippen molar-refractivity contribution in [1.29, 1.82) is 0 Å². The average molecular weight is 147 g/mol. The molecule has 0 N–H and O–H groups in total. The number of rotatable bonds is 1. The fourth-order valence-corrected chi connectivity index (χ4v) is 2.18. The van der Waals surface area contributed by atoms with Gasteiger partial charge in [-0.1, -0.05) is 0 Å². The van der Waals surface area contributed by atoms with Crippen LogP contribution in [0.1, 0.15) is 36.6 Å². The van der Waals surface area contributed by atoms with Crippen LogP contribution in [-0.2, 0) is 12.8 Å². The van der Waals surface area contributed by atoms with Crippen molar-refractivity contribution in [2.24, 2.45) is 0 Å². The van der Waals surface area contributed by atoms with Crippen molar-refractivity contribution in [3.05, 3.63) is 23.5 Å². The third-order valence-corrected chi connectivity index (χ3v) is 2.92. The van der Waals surface area contributed by atoms with E-state index in [9.17, 15) is 0 Å². The summed E-state index contributed by atoms with van der Waals surface area (Å²) in [5, 5.41) is 0. The minimum atomic E-state index is 0.886. The predicted octanol–water partition coefficient (Wildman–Crippen LogP) is 2.31. The monoisotopic (exact) mass is 147 g/mol. The number of fused-ring (bicyclic) bond motifs is 1. The Hall–Kier alpha value is -0.720. The van der Waals surface area contributed by atoms with Gasteiger partial charge in [0.05, 0.1) is 0 Å². The highest BCUT2D eigenvalue weighted by Gasteiger charge is 2.27. The summed E-state index contributed by atoms with van der Waals surface area (Å²) >= 11 is 0. The highest BCUT2D eigenvalue weighted by atomic mass is 15.0. The van der Waals surface area contributed by atoms with Crippen molar-refractivity contribution < 1.29 is 0 Å². The topological polar surface area (TPSA) is 4.93 Å². The fourth-order valence-electron chi connectivity index (χ4n) is 2.18. The Morgan fingerprint density at radius 3 is 3.00 bits per heavy atom. The van der Waals surface area contributed by atoms with Gasteiger partial charge in [-0.15, -0.1) is 0 Å². The number of aryl methyl sites for hydroxylation is 1. The average Bonchev–Trinajstić information content (AvgIpc) is 2.63. The highest BCUT2D eigenvalue weighted by molar-refractivity contribution is 5.28. The maximum atomic E-state index is 2.52. The van der Waals surface area contributed by atoms with Crippen LogP contribution in [-0.4, -0.2) is 4.57 Å². The third-order valence-electron chi connectivity index (χ3n) is 2.92. The van der Waals surface area contributed by atoms with E-state index < -0.39 is 0 Å². The number of aromatic nitrogens is 1. The van der Waals surface area contributed by atoms with Gasteiger partial charge in [-0.3, -0.25) is 0 Å². The Bertz CT molecular complexity index is 281. The molecule has 0 aliphatic heterocycles. The second kappa shape index (κ2) is 1.90. The van der Waals surface area contributed by atoms with E-state index in [1.54, 1.807) is 11.3 Å². The molecule has 0 spiro atoms. The van der Waals surface area contributed by atoms with Crippen LogP contribution in [0.3, 0.4) is 0 Å². The summed E-state index contributed by atoms with van der Waals surface area (Å²) in [5.74, 6) is 0. The first-order chi connectivity index (χ1) is 5.45. The second-order valence-corrected chi connectivity index (χ2v) is 3.78. The van der Waals surface area contributed by atoms with Crippen molar-refractivity contribution in [2.45, 2.75) is 38.1 Å². The first kappa shape index (κ1) is 5.87. The van der Waals surface area contributed by atoms with Crippen LogP contribution in [0.15, 0.2) is 12.3 Å². The van der Waals surface area contributed by atoms with Crippen molar-refractivity contribution in [1.82, 2.24) is 4.57 Å². The lowest BCUT2D eigenvalue weighted by Gasteiger charge is -2.03. The van der Waals surface area contributed by atoms with Crippen LogP contribution in [0.25, 0.3) is 0 Å². The molecule has 58 valence electrons. The summed E-state index contributed by atoms with van der Waals surface area (Å²) in [4.78, 5) is 0. The number of hydrogen-bond acceptors (Lipinski definition) is 0. The lowest BCUT2D eigenvalue weighted by molar-refractivity contribution is 0.698. The first-order valence-corrected chi connectivity index (χ1v) is 4.64. The highest BCUT2D eigenvalue weighted by Crippen LogP contribution is 2.38. The predicted molar refractivity (Wildman–Crippen MR) is 44.7 cm³/mol. The zero-order valence-electron chi connectivity index (χ0n) is 6.71. The molecular formula is C10H13N. The summed E-state index contributed by atoms with van der Waals surface area (Å²) < 4.78 is 2.52. The van der Waals surface area contributed by atoms with Gasteiger partial charge in [0.2, 0.25) is 0 Å². The normalized spacial score (nSPS) is 22.2. The Labute approximate surface area is 67.0 Å². The Kier molecular flexibility index (Phi) is 1.02. The van der Waals surface area contributed by atoms with E-state index in [1.807, 2.05) is 0 Å². The lowest BCUT2D eigenvalue weighted by Crippen LogP contribution is -1.96. The van der Waals surface area contributed by atoms with E-state index in [4.69, 9.17) is 0 Å². The number of nitrogens with zero attached hydrogens (tertiary/aromatic N) is 1. The molecule has 0 atom stereocenters. The number of hydrogen-bond donors (Lipinski definition) is 0. The van der Waals surface area contributed by atoms with Gasteiger partial charge in [-0.25, -0.2) is 0 Å². The van der Waals surface area contributed by atoms with Crippen LogP contribution in [0.5, 0.6) is 0 Å². The maximum absolute atomic E-state index is 2.52. The molecule has 1 fully saturated rings. The minimum absolute atomic E-state index is 0.886. The molecule has 3 rings (SSSR count). The fraction of sp³-hybridized carbons (Fsp3) is 0.600. The van der Waals surface area contributed by atoms with Crippen LogP contribution in [0.2, 0.25) is 0 Å². The van der Waals surface area contributed by atoms with Gasteiger partial charge in [0.15, 0.2) is 0 Å². The molecule has 1 saturated carbocycles. The molecule has 1 heterocycles. The Morgan fingerprint density at radius 2 is 2.18 bits per heavy atom. The van der Waals surface area contributed by atoms with Crippen molar-refractivity contribution in [2.75, 3.05) is 0 Å². The van der Waals surface area contributed by atoms with Gasteiger partial charge in [0.1, 0.15) is 0 Å². The van der Waals surface area contributed by atoms with E-state index >= 15 is 0 Å². The van der Waals surface area contributed by atoms with E-state index in [0.717, 1.165) is 6.04 Å². The molecule has 0 amide bonds. The van der Waals surface area contributed by atoms with Crippen LogP contribution in [0.4, 0.5) is 0 Å². The summed E-state index contributed by atoms with van der Waals surface area (Å²) in [7, 11) is 0. The summed E-state index contributed by atoms with van der Waals surface area (Å²) in [6.07, 6.45) is 9.18. The summed E-state index contributed by atoms with van der Waals surface area (Å²) in [5.41, 5.74) is 3.27. The maximum Gasteiger partial charge on any atom is 0.0334 e. The Morgan fingerprint density at radius 1 is 1.27 bits per heavy atom.